The van der Waals surface area contributed by atoms with E-state index in [9.17, 15) is 4.79 Å². The van der Waals surface area contributed by atoms with Gasteiger partial charge in [-0.2, -0.15) is 0 Å². The van der Waals surface area contributed by atoms with Crippen LogP contribution in [0.3, 0.4) is 0 Å². The van der Waals surface area contributed by atoms with E-state index in [0.717, 1.165) is 25.1 Å². The molecule has 1 saturated heterocycles. The highest BCUT2D eigenvalue weighted by atomic mass is 16.5. The maximum absolute atomic E-state index is 12.2. The lowest BCUT2D eigenvalue weighted by molar-refractivity contribution is 0.0522. The Morgan fingerprint density at radius 3 is 2.94 bits per heavy atom. The van der Waals surface area contributed by atoms with Crippen molar-refractivity contribution in [3.8, 4) is 0 Å². The van der Waals surface area contributed by atoms with Gasteiger partial charge < -0.3 is 10.1 Å². The van der Waals surface area contributed by atoms with Crippen LogP contribution < -0.4 is 5.32 Å². The third kappa shape index (κ3) is 1.56. The molecule has 0 amide bonds. The molecule has 3 rings (SSSR count). The van der Waals surface area contributed by atoms with Gasteiger partial charge in [0.25, 0.3) is 0 Å². The molecule has 3 heteroatoms. The summed E-state index contributed by atoms with van der Waals surface area (Å²) < 4.78 is 5.43. The summed E-state index contributed by atoms with van der Waals surface area (Å²) in [4.78, 5) is 12.2. The molecule has 2 atom stereocenters. The molecule has 0 aromatic heterocycles. The van der Waals surface area contributed by atoms with E-state index < -0.39 is 0 Å². The topological polar surface area (TPSA) is 38.3 Å². The van der Waals surface area contributed by atoms with E-state index in [1.54, 1.807) is 0 Å². The molecule has 3 nitrogen and oxygen atoms in total. The van der Waals surface area contributed by atoms with Gasteiger partial charge in [-0.05, 0) is 12.0 Å². The van der Waals surface area contributed by atoms with Gasteiger partial charge in [0, 0.05) is 24.1 Å². The molecule has 84 valence electrons. The van der Waals surface area contributed by atoms with Crippen molar-refractivity contribution >= 4 is 5.78 Å². The standard InChI is InChI=1S/C13H15NO2/c15-13-10-4-2-1-3-9(10)7-11(13)12-8-16-6-5-14-12/h1-4,11-12,14H,5-8H2. The Morgan fingerprint density at radius 2 is 2.19 bits per heavy atom. The number of rotatable bonds is 1. The van der Waals surface area contributed by atoms with Crippen LogP contribution in [-0.4, -0.2) is 31.6 Å². The van der Waals surface area contributed by atoms with E-state index in [0.29, 0.717) is 6.61 Å². The number of ether oxygens (including phenoxy) is 1. The average molecular weight is 217 g/mol. The summed E-state index contributed by atoms with van der Waals surface area (Å²) in [5.41, 5.74) is 2.09. The van der Waals surface area contributed by atoms with Gasteiger partial charge in [0.15, 0.2) is 5.78 Å². The number of nitrogens with one attached hydrogen (secondary N) is 1. The summed E-state index contributed by atoms with van der Waals surface area (Å²) in [6.45, 7) is 2.26. The maximum Gasteiger partial charge on any atom is 0.168 e. The number of carbonyl (C=O) groups excluding carboxylic acids is 1. The van der Waals surface area contributed by atoms with Crippen molar-refractivity contribution in [1.82, 2.24) is 5.32 Å². The van der Waals surface area contributed by atoms with Crippen LogP contribution in [0.4, 0.5) is 0 Å². The van der Waals surface area contributed by atoms with Gasteiger partial charge in [-0.3, -0.25) is 4.79 Å². The highest BCUT2D eigenvalue weighted by molar-refractivity contribution is 6.02. The fourth-order valence-electron chi connectivity index (χ4n) is 2.64. The number of morpholine rings is 1. The lowest BCUT2D eigenvalue weighted by Crippen LogP contribution is -2.47. The first-order chi connectivity index (χ1) is 7.86. The highest BCUT2D eigenvalue weighted by Crippen LogP contribution is 2.29. The van der Waals surface area contributed by atoms with Crippen LogP contribution >= 0.6 is 0 Å². The Balaban J connectivity index is 1.83. The fraction of sp³-hybridized carbons (Fsp3) is 0.462. The number of carbonyl (C=O) groups is 1. The summed E-state index contributed by atoms with van der Waals surface area (Å²) in [7, 11) is 0. The Morgan fingerprint density at radius 1 is 1.31 bits per heavy atom. The minimum Gasteiger partial charge on any atom is -0.378 e. The quantitative estimate of drug-likeness (QED) is 0.763. The SMILES string of the molecule is O=C1c2ccccc2CC1C1COCCN1. The molecular formula is C13H15NO2. The molecule has 1 aliphatic heterocycles. The number of benzene rings is 1. The molecule has 1 aliphatic carbocycles. The zero-order chi connectivity index (χ0) is 11.0. The monoisotopic (exact) mass is 217 g/mol. The molecule has 2 aliphatic rings. The molecule has 0 bridgehead atoms. The molecule has 0 spiro atoms. The van der Waals surface area contributed by atoms with Gasteiger partial charge in [-0.15, -0.1) is 0 Å². The Bertz CT molecular complexity index is 410. The summed E-state index contributed by atoms with van der Waals surface area (Å²) in [6.07, 6.45) is 0.857. The maximum atomic E-state index is 12.2. The molecule has 1 heterocycles. The lowest BCUT2D eigenvalue weighted by Gasteiger charge is -2.27. The Kier molecular flexibility index (Phi) is 2.50. The van der Waals surface area contributed by atoms with Crippen LogP contribution in [0.5, 0.6) is 0 Å². The number of hydrogen-bond donors (Lipinski definition) is 1. The highest BCUT2D eigenvalue weighted by Gasteiger charge is 2.36. The van der Waals surface area contributed by atoms with Crippen molar-refractivity contribution in [2.45, 2.75) is 12.5 Å². The van der Waals surface area contributed by atoms with Crippen LogP contribution in [-0.2, 0) is 11.2 Å². The fourth-order valence-corrected chi connectivity index (χ4v) is 2.64. The third-order valence-electron chi connectivity index (χ3n) is 3.50. The summed E-state index contributed by atoms with van der Waals surface area (Å²) in [5, 5.41) is 3.38. The second-order valence-electron chi connectivity index (χ2n) is 4.47. The van der Waals surface area contributed by atoms with Crippen LogP contribution in [0.15, 0.2) is 24.3 Å². The number of hydrogen-bond acceptors (Lipinski definition) is 3. The van der Waals surface area contributed by atoms with Gasteiger partial charge in [-0.25, -0.2) is 0 Å². The van der Waals surface area contributed by atoms with Crippen molar-refractivity contribution < 1.29 is 9.53 Å². The van der Waals surface area contributed by atoms with E-state index in [2.05, 4.69) is 11.4 Å². The lowest BCUT2D eigenvalue weighted by atomic mass is 9.95. The van der Waals surface area contributed by atoms with Gasteiger partial charge in [0.2, 0.25) is 0 Å². The van der Waals surface area contributed by atoms with E-state index in [1.807, 2.05) is 18.2 Å². The van der Waals surface area contributed by atoms with Crippen LogP contribution in [0.1, 0.15) is 15.9 Å². The number of Topliss-reactive ketones (excluding diaryl/α,β-unsaturated/α-hetero) is 1. The van der Waals surface area contributed by atoms with Gasteiger partial charge in [0.1, 0.15) is 0 Å². The first-order valence-electron chi connectivity index (χ1n) is 5.79. The molecule has 0 saturated carbocycles. The second-order valence-corrected chi connectivity index (χ2v) is 4.47. The van der Waals surface area contributed by atoms with Gasteiger partial charge >= 0.3 is 0 Å². The average Bonchev–Trinajstić information content (AvgIpc) is 2.69. The normalized spacial score (nSPS) is 29.1. The minimum atomic E-state index is 0.0673. The van der Waals surface area contributed by atoms with E-state index in [-0.39, 0.29) is 17.7 Å². The van der Waals surface area contributed by atoms with Crippen LogP contribution in [0.25, 0.3) is 0 Å². The summed E-state index contributed by atoms with van der Waals surface area (Å²) in [5.74, 6) is 0.344. The molecule has 16 heavy (non-hydrogen) atoms. The zero-order valence-electron chi connectivity index (χ0n) is 9.11. The van der Waals surface area contributed by atoms with Crippen molar-refractivity contribution in [2.24, 2.45) is 5.92 Å². The van der Waals surface area contributed by atoms with Crippen molar-refractivity contribution in [3.05, 3.63) is 35.4 Å². The predicted octanol–water partition coefficient (Wildman–Crippen LogP) is 1.03. The number of fused-ring (bicyclic) bond motifs is 1. The van der Waals surface area contributed by atoms with Gasteiger partial charge in [-0.1, -0.05) is 24.3 Å². The predicted molar refractivity (Wildman–Crippen MR) is 60.6 cm³/mol. The molecule has 1 N–H and O–H groups in total. The van der Waals surface area contributed by atoms with Crippen LogP contribution in [0.2, 0.25) is 0 Å². The zero-order valence-corrected chi connectivity index (χ0v) is 9.11. The van der Waals surface area contributed by atoms with Crippen molar-refractivity contribution in [3.63, 3.8) is 0 Å². The first kappa shape index (κ1) is 10.00. The largest absolute Gasteiger partial charge is 0.378 e. The van der Waals surface area contributed by atoms with Crippen molar-refractivity contribution in [2.75, 3.05) is 19.8 Å². The van der Waals surface area contributed by atoms with E-state index in [1.165, 1.54) is 5.56 Å². The minimum absolute atomic E-state index is 0.0673. The van der Waals surface area contributed by atoms with E-state index >= 15 is 0 Å². The molecule has 1 fully saturated rings. The van der Waals surface area contributed by atoms with E-state index in [4.69, 9.17) is 4.74 Å². The molecule has 0 radical (unpaired) electrons. The first-order valence-corrected chi connectivity index (χ1v) is 5.79. The molecule has 2 unspecified atom stereocenters. The third-order valence-corrected chi connectivity index (χ3v) is 3.50. The Labute approximate surface area is 94.8 Å². The molecule has 1 aromatic rings. The number of ketones is 1. The molecule has 1 aromatic carbocycles. The van der Waals surface area contributed by atoms with Crippen LogP contribution in [0, 0.1) is 5.92 Å². The summed E-state index contributed by atoms with van der Waals surface area (Å²) >= 11 is 0. The smallest absolute Gasteiger partial charge is 0.168 e. The second kappa shape index (κ2) is 4.00. The molecular weight excluding hydrogens is 202 g/mol. The Hall–Kier alpha value is -1.19. The van der Waals surface area contributed by atoms with Crippen molar-refractivity contribution in [1.29, 1.82) is 0 Å². The van der Waals surface area contributed by atoms with Gasteiger partial charge in [0.05, 0.1) is 13.2 Å². The summed E-state index contributed by atoms with van der Waals surface area (Å²) in [6, 6.07) is 8.11.